The smallest absolute Gasteiger partial charge is 0.226 e. The van der Waals surface area contributed by atoms with Crippen molar-refractivity contribution in [2.75, 3.05) is 25.0 Å². The number of furan rings is 1. The number of carbonyl (C=O) groups is 1. The number of piperidine rings is 1. The Labute approximate surface area is 147 Å². The quantitative estimate of drug-likeness (QED) is 0.856. The zero-order valence-corrected chi connectivity index (χ0v) is 14.8. The molecule has 4 rings (SSSR count). The van der Waals surface area contributed by atoms with Gasteiger partial charge >= 0.3 is 0 Å². The number of anilines is 1. The molecule has 0 bridgehead atoms. The molecule has 3 heterocycles. The summed E-state index contributed by atoms with van der Waals surface area (Å²) in [6.45, 7) is 3.57. The Morgan fingerprint density at radius 3 is 2.68 bits per heavy atom. The van der Waals surface area contributed by atoms with Crippen molar-refractivity contribution in [1.82, 2.24) is 15.1 Å². The molecular formula is C19H24N4O2. The SMILES string of the molecule is Cc1ccc(N(C)C2CCN(C(=O)[C@H]3C[C@@H]3c3ccco3)CC2)nn1. The van der Waals surface area contributed by atoms with Crippen molar-refractivity contribution in [1.29, 1.82) is 0 Å². The van der Waals surface area contributed by atoms with Crippen LogP contribution in [0.15, 0.2) is 34.9 Å². The van der Waals surface area contributed by atoms with Crippen LogP contribution in [0.3, 0.4) is 0 Å². The molecule has 1 saturated heterocycles. The first-order valence-corrected chi connectivity index (χ1v) is 8.99. The highest BCUT2D eigenvalue weighted by molar-refractivity contribution is 5.83. The van der Waals surface area contributed by atoms with Gasteiger partial charge in [0.1, 0.15) is 5.76 Å². The second-order valence-electron chi connectivity index (χ2n) is 7.16. The Morgan fingerprint density at radius 2 is 2.04 bits per heavy atom. The molecule has 0 aromatic carbocycles. The lowest BCUT2D eigenvalue weighted by Crippen LogP contribution is -2.46. The summed E-state index contributed by atoms with van der Waals surface area (Å²) in [6.07, 6.45) is 4.54. The summed E-state index contributed by atoms with van der Waals surface area (Å²) >= 11 is 0. The third kappa shape index (κ3) is 3.25. The molecule has 1 amide bonds. The number of likely N-dealkylation sites (tertiary alicyclic amines) is 1. The highest BCUT2D eigenvalue weighted by Gasteiger charge is 2.47. The average molecular weight is 340 g/mol. The lowest BCUT2D eigenvalue weighted by atomic mass is 10.0. The molecule has 2 aromatic rings. The van der Waals surface area contributed by atoms with Gasteiger partial charge in [0.25, 0.3) is 0 Å². The Hall–Kier alpha value is -2.37. The van der Waals surface area contributed by atoms with E-state index in [1.807, 2.05) is 36.1 Å². The third-order valence-electron chi connectivity index (χ3n) is 5.49. The summed E-state index contributed by atoms with van der Waals surface area (Å²) in [7, 11) is 2.06. The van der Waals surface area contributed by atoms with Crippen LogP contribution in [0.25, 0.3) is 0 Å². The fourth-order valence-electron chi connectivity index (χ4n) is 3.76. The molecule has 1 aliphatic heterocycles. The molecular weight excluding hydrogens is 316 g/mol. The first-order chi connectivity index (χ1) is 12.1. The van der Waals surface area contributed by atoms with Crippen molar-refractivity contribution in [3.63, 3.8) is 0 Å². The van der Waals surface area contributed by atoms with Gasteiger partial charge in [-0.25, -0.2) is 0 Å². The highest BCUT2D eigenvalue weighted by Crippen LogP contribution is 2.48. The molecule has 0 radical (unpaired) electrons. The molecule has 132 valence electrons. The summed E-state index contributed by atoms with van der Waals surface area (Å²) < 4.78 is 5.44. The Kier molecular flexibility index (Phi) is 4.19. The number of hydrogen-bond donors (Lipinski definition) is 0. The maximum atomic E-state index is 12.7. The molecule has 2 fully saturated rings. The fraction of sp³-hybridized carbons (Fsp3) is 0.526. The van der Waals surface area contributed by atoms with Gasteiger partial charge in [0, 0.05) is 38.0 Å². The van der Waals surface area contributed by atoms with Gasteiger partial charge in [0.05, 0.1) is 12.0 Å². The van der Waals surface area contributed by atoms with Crippen molar-refractivity contribution in [3.8, 4) is 0 Å². The van der Waals surface area contributed by atoms with E-state index in [-0.39, 0.29) is 17.7 Å². The lowest BCUT2D eigenvalue weighted by Gasteiger charge is -2.37. The van der Waals surface area contributed by atoms with E-state index in [1.54, 1.807) is 6.26 Å². The van der Waals surface area contributed by atoms with Crippen LogP contribution in [0.5, 0.6) is 0 Å². The van der Waals surface area contributed by atoms with Crippen LogP contribution >= 0.6 is 0 Å². The third-order valence-corrected chi connectivity index (χ3v) is 5.49. The molecule has 2 atom stereocenters. The second kappa shape index (κ2) is 6.50. The van der Waals surface area contributed by atoms with Gasteiger partial charge in [-0.2, -0.15) is 5.10 Å². The number of hydrogen-bond acceptors (Lipinski definition) is 5. The molecule has 0 unspecified atom stereocenters. The molecule has 6 nitrogen and oxygen atoms in total. The maximum Gasteiger partial charge on any atom is 0.226 e. The van der Waals surface area contributed by atoms with Crippen LogP contribution in [0.1, 0.15) is 36.6 Å². The Morgan fingerprint density at radius 1 is 1.24 bits per heavy atom. The minimum absolute atomic E-state index is 0.114. The molecule has 1 saturated carbocycles. The summed E-state index contributed by atoms with van der Waals surface area (Å²) in [4.78, 5) is 16.9. The predicted octanol–water partition coefficient (Wildman–Crippen LogP) is 2.61. The number of aryl methyl sites for hydroxylation is 1. The van der Waals surface area contributed by atoms with Crippen LogP contribution in [0.4, 0.5) is 5.82 Å². The van der Waals surface area contributed by atoms with Crippen molar-refractivity contribution in [2.45, 2.75) is 38.1 Å². The fourth-order valence-corrected chi connectivity index (χ4v) is 3.76. The summed E-state index contributed by atoms with van der Waals surface area (Å²) in [6, 6.07) is 8.27. The van der Waals surface area contributed by atoms with Gasteiger partial charge in [0.15, 0.2) is 5.82 Å². The molecule has 0 spiro atoms. The first-order valence-electron chi connectivity index (χ1n) is 8.99. The topological polar surface area (TPSA) is 62.5 Å². The normalized spacial score (nSPS) is 23.5. The number of aromatic nitrogens is 2. The van der Waals surface area contributed by atoms with E-state index in [2.05, 4.69) is 22.1 Å². The van der Waals surface area contributed by atoms with Crippen LogP contribution in [0.2, 0.25) is 0 Å². The van der Waals surface area contributed by atoms with E-state index in [9.17, 15) is 4.79 Å². The van der Waals surface area contributed by atoms with Crippen LogP contribution in [0, 0.1) is 12.8 Å². The van der Waals surface area contributed by atoms with Crippen molar-refractivity contribution < 1.29 is 9.21 Å². The second-order valence-corrected chi connectivity index (χ2v) is 7.16. The van der Waals surface area contributed by atoms with Gasteiger partial charge in [0.2, 0.25) is 5.91 Å². The van der Waals surface area contributed by atoms with Crippen LogP contribution in [-0.4, -0.2) is 47.2 Å². The number of nitrogens with zero attached hydrogens (tertiary/aromatic N) is 4. The van der Waals surface area contributed by atoms with E-state index in [0.717, 1.165) is 49.6 Å². The van der Waals surface area contributed by atoms with Crippen LogP contribution < -0.4 is 4.90 Å². The summed E-state index contributed by atoms with van der Waals surface area (Å²) in [5.41, 5.74) is 0.924. The van der Waals surface area contributed by atoms with E-state index in [0.29, 0.717) is 6.04 Å². The van der Waals surface area contributed by atoms with Crippen molar-refractivity contribution in [3.05, 3.63) is 42.0 Å². The predicted molar refractivity (Wildman–Crippen MR) is 94.3 cm³/mol. The van der Waals surface area contributed by atoms with Crippen LogP contribution in [-0.2, 0) is 4.79 Å². The van der Waals surface area contributed by atoms with Gasteiger partial charge in [-0.05, 0) is 50.5 Å². The lowest BCUT2D eigenvalue weighted by molar-refractivity contribution is -0.133. The summed E-state index contributed by atoms with van der Waals surface area (Å²) in [5.74, 6) is 2.54. The van der Waals surface area contributed by atoms with Crippen molar-refractivity contribution in [2.24, 2.45) is 5.92 Å². The zero-order chi connectivity index (χ0) is 17.4. The summed E-state index contributed by atoms with van der Waals surface area (Å²) in [5, 5.41) is 8.41. The van der Waals surface area contributed by atoms with E-state index in [1.165, 1.54) is 0 Å². The zero-order valence-electron chi connectivity index (χ0n) is 14.8. The molecule has 2 aliphatic rings. The van der Waals surface area contributed by atoms with Gasteiger partial charge < -0.3 is 14.2 Å². The van der Waals surface area contributed by atoms with Gasteiger partial charge in [-0.3, -0.25) is 4.79 Å². The maximum absolute atomic E-state index is 12.7. The molecule has 2 aromatic heterocycles. The monoisotopic (exact) mass is 340 g/mol. The molecule has 6 heteroatoms. The minimum Gasteiger partial charge on any atom is -0.469 e. The van der Waals surface area contributed by atoms with Gasteiger partial charge in [-0.1, -0.05) is 0 Å². The Balaban J connectivity index is 1.31. The number of rotatable bonds is 4. The van der Waals surface area contributed by atoms with E-state index < -0.39 is 0 Å². The van der Waals surface area contributed by atoms with E-state index >= 15 is 0 Å². The molecule has 1 aliphatic carbocycles. The highest BCUT2D eigenvalue weighted by atomic mass is 16.3. The number of carbonyl (C=O) groups excluding carboxylic acids is 1. The molecule has 0 N–H and O–H groups in total. The molecule has 25 heavy (non-hydrogen) atoms. The van der Waals surface area contributed by atoms with E-state index in [4.69, 9.17) is 4.42 Å². The number of amides is 1. The Bertz CT molecular complexity index is 720. The largest absolute Gasteiger partial charge is 0.469 e. The average Bonchev–Trinajstić information content (AvgIpc) is 3.26. The minimum atomic E-state index is 0.114. The van der Waals surface area contributed by atoms with Crippen molar-refractivity contribution >= 4 is 11.7 Å². The first kappa shape index (κ1) is 16.1. The van der Waals surface area contributed by atoms with Gasteiger partial charge in [-0.15, -0.1) is 5.10 Å². The standard InChI is InChI=1S/C19H24N4O2/c1-13-5-6-18(21-20-13)22(2)14-7-9-23(10-8-14)19(24)16-12-15(16)17-4-3-11-25-17/h3-6,11,14-16H,7-10,12H2,1-2H3/t15-,16-/m0/s1.